The molecule has 7 nitrogen and oxygen atoms in total. The average molecular weight is 537 g/mol. The summed E-state index contributed by atoms with van der Waals surface area (Å²) < 4.78 is 34.7. The van der Waals surface area contributed by atoms with Crippen LogP contribution in [0.3, 0.4) is 0 Å². The summed E-state index contributed by atoms with van der Waals surface area (Å²) in [5, 5.41) is 6.55. The van der Waals surface area contributed by atoms with Gasteiger partial charge in [-0.25, -0.2) is 8.42 Å². The first-order chi connectivity index (χ1) is 13.4. The zero-order chi connectivity index (χ0) is 20.0. The van der Waals surface area contributed by atoms with E-state index in [0.717, 1.165) is 36.5 Å². The van der Waals surface area contributed by atoms with Crippen molar-refractivity contribution >= 4 is 39.8 Å². The molecular formula is C20H32IN3O4S. The lowest BCUT2D eigenvalue weighted by molar-refractivity contribution is 0.166. The Hall–Kier alpha value is -1.07. The summed E-state index contributed by atoms with van der Waals surface area (Å²) in [4.78, 5) is 4.24. The Morgan fingerprint density at radius 1 is 1.28 bits per heavy atom. The van der Waals surface area contributed by atoms with E-state index in [-0.39, 0.29) is 35.6 Å². The summed E-state index contributed by atoms with van der Waals surface area (Å²) in [6.45, 7) is 5.50. The van der Waals surface area contributed by atoms with Gasteiger partial charge >= 0.3 is 0 Å². The van der Waals surface area contributed by atoms with Crippen LogP contribution >= 0.6 is 24.0 Å². The van der Waals surface area contributed by atoms with Crippen molar-refractivity contribution in [1.82, 2.24) is 10.6 Å². The van der Waals surface area contributed by atoms with Crippen molar-refractivity contribution in [3.8, 4) is 5.75 Å². The Morgan fingerprint density at radius 2 is 2.10 bits per heavy atom. The fourth-order valence-electron chi connectivity index (χ4n) is 3.54. The van der Waals surface area contributed by atoms with Crippen molar-refractivity contribution in [2.24, 2.45) is 16.8 Å². The van der Waals surface area contributed by atoms with E-state index in [0.29, 0.717) is 43.7 Å². The second-order valence-corrected chi connectivity index (χ2v) is 9.96. The molecule has 0 amide bonds. The molecule has 2 atom stereocenters. The van der Waals surface area contributed by atoms with Crippen molar-refractivity contribution in [3.63, 3.8) is 0 Å². The number of aryl methyl sites for hydroxylation is 1. The second kappa shape index (κ2) is 11.4. The summed E-state index contributed by atoms with van der Waals surface area (Å²) in [5.41, 5.74) is 2.22. The van der Waals surface area contributed by atoms with E-state index < -0.39 is 9.84 Å². The van der Waals surface area contributed by atoms with Gasteiger partial charge in [-0.2, -0.15) is 0 Å². The van der Waals surface area contributed by atoms with E-state index >= 15 is 0 Å². The number of benzene rings is 1. The van der Waals surface area contributed by atoms with Crippen molar-refractivity contribution in [1.29, 1.82) is 0 Å². The molecular weight excluding hydrogens is 505 g/mol. The Morgan fingerprint density at radius 3 is 2.76 bits per heavy atom. The highest BCUT2D eigenvalue weighted by atomic mass is 127. The van der Waals surface area contributed by atoms with Gasteiger partial charge in [0.05, 0.1) is 24.7 Å². The molecule has 2 aliphatic rings. The molecule has 0 aliphatic carbocycles. The summed E-state index contributed by atoms with van der Waals surface area (Å²) in [6.07, 6.45) is 1.76. The SMILES string of the molecule is CN=C(NCc1ccc(C)cc1OCC1CCOC1)NCC1CCS(=O)(=O)C1.I. The van der Waals surface area contributed by atoms with Crippen molar-refractivity contribution < 1.29 is 17.9 Å². The van der Waals surface area contributed by atoms with Crippen LogP contribution in [0, 0.1) is 18.8 Å². The van der Waals surface area contributed by atoms with E-state index in [9.17, 15) is 8.42 Å². The number of hydrogen-bond acceptors (Lipinski definition) is 5. The van der Waals surface area contributed by atoms with E-state index in [1.807, 2.05) is 0 Å². The van der Waals surface area contributed by atoms with Crippen LogP contribution < -0.4 is 15.4 Å². The Balaban J connectivity index is 0.00000300. The van der Waals surface area contributed by atoms with Crippen LogP contribution in [0.15, 0.2) is 23.2 Å². The first kappa shape index (κ1) is 24.2. The number of aliphatic imine (C=N–C) groups is 1. The second-order valence-electron chi connectivity index (χ2n) is 7.73. The number of rotatable bonds is 7. The minimum absolute atomic E-state index is 0. The van der Waals surface area contributed by atoms with Crippen molar-refractivity contribution in [3.05, 3.63) is 29.3 Å². The van der Waals surface area contributed by atoms with Crippen LogP contribution in [-0.2, 0) is 21.1 Å². The highest BCUT2D eigenvalue weighted by Gasteiger charge is 2.27. The molecule has 1 aromatic rings. The smallest absolute Gasteiger partial charge is 0.191 e. The average Bonchev–Trinajstić information content (AvgIpc) is 3.30. The third kappa shape index (κ3) is 7.60. The Labute approximate surface area is 191 Å². The normalized spacial score (nSPS) is 23.4. The van der Waals surface area contributed by atoms with Crippen LogP contribution in [0.5, 0.6) is 5.75 Å². The molecule has 0 aromatic heterocycles. The van der Waals surface area contributed by atoms with Crippen LogP contribution in [-0.4, -0.2) is 59.3 Å². The summed E-state index contributed by atoms with van der Waals surface area (Å²) in [7, 11) is -1.14. The summed E-state index contributed by atoms with van der Waals surface area (Å²) >= 11 is 0. The van der Waals surface area contributed by atoms with Gasteiger partial charge in [0, 0.05) is 38.2 Å². The minimum Gasteiger partial charge on any atom is -0.493 e. The molecule has 2 N–H and O–H groups in total. The fourth-order valence-corrected chi connectivity index (χ4v) is 5.40. The van der Waals surface area contributed by atoms with Gasteiger partial charge in [0.1, 0.15) is 5.75 Å². The quantitative estimate of drug-likeness (QED) is 0.315. The molecule has 2 saturated heterocycles. The van der Waals surface area contributed by atoms with E-state index in [1.54, 1.807) is 7.05 Å². The molecule has 164 valence electrons. The molecule has 0 bridgehead atoms. The number of halogens is 1. The molecule has 29 heavy (non-hydrogen) atoms. The molecule has 2 heterocycles. The lowest BCUT2D eigenvalue weighted by Gasteiger charge is -2.17. The number of guanidine groups is 1. The molecule has 0 radical (unpaired) electrons. The lowest BCUT2D eigenvalue weighted by atomic mass is 10.1. The van der Waals surface area contributed by atoms with Gasteiger partial charge in [0.15, 0.2) is 15.8 Å². The monoisotopic (exact) mass is 537 g/mol. The molecule has 3 rings (SSSR count). The van der Waals surface area contributed by atoms with Crippen LogP contribution in [0.4, 0.5) is 0 Å². The predicted octanol–water partition coefficient (Wildman–Crippen LogP) is 2.13. The maximum atomic E-state index is 11.6. The van der Waals surface area contributed by atoms with Gasteiger partial charge < -0.3 is 20.1 Å². The van der Waals surface area contributed by atoms with E-state index in [2.05, 4.69) is 40.7 Å². The largest absolute Gasteiger partial charge is 0.493 e. The van der Waals surface area contributed by atoms with Gasteiger partial charge in [-0.15, -0.1) is 24.0 Å². The number of sulfone groups is 1. The number of ether oxygens (including phenoxy) is 2. The van der Waals surface area contributed by atoms with Crippen molar-refractivity contribution in [2.75, 3.05) is 44.9 Å². The molecule has 0 spiro atoms. The zero-order valence-corrected chi connectivity index (χ0v) is 20.3. The van der Waals surface area contributed by atoms with Gasteiger partial charge in [0.2, 0.25) is 0 Å². The fraction of sp³-hybridized carbons (Fsp3) is 0.650. The standard InChI is InChI=1S/C20H31N3O4S.HI/c1-15-3-4-18(19(9-15)27-13-17-5-7-26-12-17)11-23-20(21-2)22-10-16-6-8-28(24,25)14-16;/h3-4,9,16-17H,5-8,10-14H2,1-2H3,(H2,21,22,23);1H. The third-order valence-corrected chi connectivity index (χ3v) is 7.11. The highest BCUT2D eigenvalue weighted by molar-refractivity contribution is 14.0. The maximum Gasteiger partial charge on any atom is 0.191 e. The van der Waals surface area contributed by atoms with Crippen LogP contribution in [0.2, 0.25) is 0 Å². The molecule has 2 aliphatic heterocycles. The lowest BCUT2D eigenvalue weighted by Crippen LogP contribution is -2.39. The van der Waals surface area contributed by atoms with Crippen LogP contribution in [0.1, 0.15) is 24.0 Å². The number of nitrogens with zero attached hydrogens (tertiary/aromatic N) is 1. The third-order valence-electron chi connectivity index (χ3n) is 5.28. The van der Waals surface area contributed by atoms with Gasteiger partial charge in [-0.1, -0.05) is 12.1 Å². The van der Waals surface area contributed by atoms with Gasteiger partial charge in [-0.3, -0.25) is 4.99 Å². The van der Waals surface area contributed by atoms with Crippen LogP contribution in [0.25, 0.3) is 0 Å². The number of hydrogen-bond donors (Lipinski definition) is 2. The molecule has 0 saturated carbocycles. The summed E-state index contributed by atoms with van der Waals surface area (Å²) in [5.74, 6) is 2.71. The Kier molecular flexibility index (Phi) is 9.48. The molecule has 1 aromatic carbocycles. The van der Waals surface area contributed by atoms with Crippen molar-refractivity contribution in [2.45, 2.75) is 26.3 Å². The van der Waals surface area contributed by atoms with E-state index in [1.165, 1.54) is 0 Å². The molecule has 2 fully saturated rings. The molecule has 9 heteroatoms. The molecule has 2 unspecified atom stereocenters. The Bertz CT molecular complexity index is 795. The first-order valence-corrected chi connectivity index (χ1v) is 11.7. The topological polar surface area (TPSA) is 89.0 Å². The predicted molar refractivity (Wildman–Crippen MR) is 126 cm³/mol. The maximum absolute atomic E-state index is 11.6. The minimum atomic E-state index is -2.85. The first-order valence-electron chi connectivity index (χ1n) is 9.90. The number of nitrogens with one attached hydrogen (secondary N) is 2. The van der Waals surface area contributed by atoms with Gasteiger partial charge in [0.25, 0.3) is 0 Å². The van der Waals surface area contributed by atoms with E-state index in [4.69, 9.17) is 9.47 Å². The highest BCUT2D eigenvalue weighted by Crippen LogP contribution is 2.23. The summed E-state index contributed by atoms with van der Waals surface area (Å²) in [6, 6.07) is 6.20. The van der Waals surface area contributed by atoms with Gasteiger partial charge in [-0.05, 0) is 37.3 Å². The zero-order valence-electron chi connectivity index (χ0n) is 17.1.